The van der Waals surface area contributed by atoms with Gasteiger partial charge in [-0.05, 0) is 37.7 Å². The molecule has 2 nitrogen and oxygen atoms in total. The molecule has 0 saturated carbocycles. The molecule has 1 rings (SSSR count). The Morgan fingerprint density at radius 2 is 2.36 bits per heavy atom. The maximum Gasteiger partial charge on any atom is 0.113 e. The number of hydrogen-bond acceptors (Lipinski definition) is 2. The van der Waals surface area contributed by atoms with E-state index in [9.17, 15) is 0 Å². The lowest BCUT2D eigenvalue weighted by molar-refractivity contribution is -0.0210. The second-order valence-corrected chi connectivity index (χ2v) is 4.04. The molecule has 1 aliphatic heterocycles. The Bertz CT molecular complexity index is 160. The van der Waals surface area contributed by atoms with E-state index in [1.54, 1.807) is 0 Å². The third-order valence-corrected chi connectivity index (χ3v) is 2.70. The summed E-state index contributed by atoms with van der Waals surface area (Å²) in [6, 6.07) is 0. The van der Waals surface area contributed by atoms with E-state index in [1.165, 1.54) is 19.3 Å². The summed E-state index contributed by atoms with van der Waals surface area (Å²) in [5.74, 6) is 0.613. The van der Waals surface area contributed by atoms with E-state index in [1.807, 2.05) is 6.26 Å². The Kier molecular flexibility index (Phi) is 5.69. The van der Waals surface area contributed by atoms with Crippen molar-refractivity contribution in [2.75, 3.05) is 13.2 Å². The SMILES string of the molecule is CCC(C)C=COCC1CCCCO1. The Labute approximate surface area is 87.3 Å². The molecule has 0 aromatic rings. The van der Waals surface area contributed by atoms with Gasteiger partial charge in [-0.1, -0.05) is 13.8 Å². The molecule has 0 spiro atoms. The molecular formula is C12H22O2. The molecule has 2 unspecified atom stereocenters. The highest BCUT2D eigenvalue weighted by molar-refractivity contribution is 4.79. The summed E-state index contributed by atoms with van der Waals surface area (Å²) >= 11 is 0. The highest BCUT2D eigenvalue weighted by Crippen LogP contribution is 2.13. The molecule has 0 aromatic carbocycles. The number of hydrogen-bond donors (Lipinski definition) is 0. The maximum atomic E-state index is 5.55. The van der Waals surface area contributed by atoms with Gasteiger partial charge in [0, 0.05) is 6.61 Å². The van der Waals surface area contributed by atoms with Crippen molar-refractivity contribution in [3.63, 3.8) is 0 Å². The Morgan fingerprint density at radius 1 is 1.50 bits per heavy atom. The van der Waals surface area contributed by atoms with Crippen molar-refractivity contribution in [1.29, 1.82) is 0 Å². The normalized spacial score (nSPS) is 25.1. The van der Waals surface area contributed by atoms with Crippen LogP contribution in [0.1, 0.15) is 39.5 Å². The fourth-order valence-electron chi connectivity index (χ4n) is 1.43. The zero-order valence-corrected chi connectivity index (χ0v) is 9.37. The van der Waals surface area contributed by atoms with E-state index in [-0.39, 0.29) is 0 Å². The molecule has 0 amide bonds. The number of allylic oxidation sites excluding steroid dienone is 1. The molecule has 1 saturated heterocycles. The summed E-state index contributed by atoms with van der Waals surface area (Å²) in [7, 11) is 0. The van der Waals surface area contributed by atoms with Gasteiger partial charge in [-0.2, -0.15) is 0 Å². The van der Waals surface area contributed by atoms with Crippen molar-refractivity contribution in [1.82, 2.24) is 0 Å². The molecule has 0 radical (unpaired) electrons. The van der Waals surface area contributed by atoms with Crippen molar-refractivity contribution in [3.05, 3.63) is 12.3 Å². The summed E-state index contributed by atoms with van der Waals surface area (Å²) in [5.41, 5.74) is 0. The van der Waals surface area contributed by atoms with Gasteiger partial charge >= 0.3 is 0 Å². The van der Waals surface area contributed by atoms with Crippen LogP contribution in [0.15, 0.2) is 12.3 Å². The molecule has 2 atom stereocenters. The number of ether oxygens (including phenoxy) is 2. The summed E-state index contributed by atoms with van der Waals surface area (Å²) in [4.78, 5) is 0. The predicted molar refractivity (Wildman–Crippen MR) is 58.1 cm³/mol. The van der Waals surface area contributed by atoms with Crippen LogP contribution in [0, 0.1) is 5.92 Å². The molecule has 0 aliphatic carbocycles. The van der Waals surface area contributed by atoms with E-state index < -0.39 is 0 Å². The van der Waals surface area contributed by atoms with Gasteiger partial charge in [0.05, 0.1) is 12.4 Å². The van der Waals surface area contributed by atoms with E-state index in [0.29, 0.717) is 18.6 Å². The molecule has 0 N–H and O–H groups in total. The first-order valence-corrected chi connectivity index (χ1v) is 5.72. The minimum Gasteiger partial charge on any atom is -0.499 e. The van der Waals surface area contributed by atoms with Crippen LogP contribution in [0.5, 0.6) is 0 Å². The Morgan fingerprint density at radius 3 is 3.00 bits per heavy atom. The average molecular weight is 198 g/mol. The predicted octanol–water partition coefficient (Wildman–Crippen LogP) is 3.13. The van der Waals surface area contributed by atoms with Crippen molar-refractivity contribution in [3.8, 4) is 0 Å². The van der Waals surface area contributed by atoms with E-state index in [0.717, 1.165) is 13.0 Å². The van der Waals surface area contributed by atoms with Crippen LogP contribution in [0.3, 0.4) is 0 Å². The van der Waals surface area contributed by atoms with Gasteiger partial charge in [0.2, 0.25) is 0 Å². The van der Waals surface area contributed by atoms with Gasteiger partial charge in [-0.15, -0.1) is 0 Å². The Hall–Kier alpha value is -0.500. The lowest BCUT2D eigenvalue weighted by Gasteiger charge is -2.21. The second kappa shape index (κ2) is 6.88. The zero-order valence-electron chi connectivity index (χ0n) is 9.37. The standard InChI is InChI=1S/C12H22O2/c1-3-11(2)7-9-13-10-12-6-4-5-8-14-12/h7,9,11-12H,3-6,8,10H2,1-2H3. The molecule has 14 heavy (non-hydrogen) atoms. The van der Waals surface area contributed by atoms with E-state index in [4.69, 9.17) is 9.47 Å². The van der Waals surface area contributed by atoms with Gasteiger partial charge < -0.3 is 9.47 Å². The minimum atomic E-state index is 0.324. The van der Waals surface area contributed by atoms with Gasteiger partial charge in [0.25, 0.3) is 0 Å². The van der Waals surface area contributed by atoms with Crippen LogP contribution in [0.25, 0.3) is 0 Å². The summed E-state index contributed by atoms with van der Waals surface area (Å²) in [6.07, 6.45) is 9.07. The maximum absolute atomic E-state index is 5.55. The van der Waals surface area contributed by atoms with Gasteiger partial charge in [0.1, 0.15) is 6.61 Å². The first-order chi connectivity index (χ1) is 6.83. The molecule has 1 fully saturated rings. The summed E-state index contributed by atoms with van der Waals surface area (Å²) in [5, 5.41) is 0. The van der Waals surface area contributed by atoms with Gasteiger partial charge in [0.15, 0.2) is 0 Å². The van der Waals surface area contributed by atoms with Crippen LogP contribution in [-0.4, -0.2) is 19.3 Å². The summed E-state index contributed by atoms with van der Waals surface area (Å²) in [6.45, 7) is 5.99. The lowest BCUT2D eigenvalue weighted by Crippen LogP contribution is -2.23. The zero-order chi connectivity index (χ0) is 10.2. The smallest absolute Gasteiger partial charge is 0.113 e. The second-order valence-electron chi connectivity index (χ2n) is 4.04. The van der Waals surface area contributed by atoms with Crippen LogP contribution in [-0.2, 0) is 9.47 Å². The molecule has 82 valence electrons. The third-order valence-electron chi connectivity index (χ3n) is 2.70. The first-order valence-electron chi connectivity index (χ1n) is 5.72. The molecular weight excluding hydrogens is 176 g/mol. The molecule has 1 heterocycles. The van der Waals surface area contributed by atoms with Crippen LogP contribution >= 0.6 is 0 Å². The quantitative estimate of drug-likeness (QED) is 0.632. The summed E-state index contributed by atoms with van der Waals surface area (Å²) < 4.78 is 11.0. The van der Waals surface area contributed by atoms with Gasteiger partial charge in [-0.3, -0.25) is 0 Å². The lowest BCUT2D eigenvalue weighted by atomic mass is 10.1. The van der Waals surface area contributed by atoms with E-state index >= 15 is 0 Å². The highest BCUT2D eigenvalue weighted by atomic mass is 16.5. The minimum absolute atomic E-state index is 0.324. The third kappa shape index (κ3) is 4.66. The molecule has 0 aromatic heterocycles. The fourth-order valence-corrected chi connectivity index (χ4v) is 1.43. The average Bonchev–Trinajstić information content (AvgIpc) is 2.25. The monoisotopic (exact) mass is 198 g/mol. The molecule has 0 bridgehead atoms. The Balaban J connectivity index is 2.04. The van der Waals surface area contributed by atoms with Crippen molar-refractivity contribution in [2.45, 2.75) is 45.6 Å². The van der Waals surface area contributed by atoms with Crippen LogP contribution in [0.2, 0.25) is 0 Å². The van der Waals surface area contributed by atoms with E-state index in [2.05, 4.69) is 19.9 Å². The fraction of sp³-hybridized carbons (Fsp3) is 0.833. The van der Waals surface area contributed by atoms with Gasteiger partial charge in [-0.25, -0.2) is 0 Å². The molecule has 1 aliphatic rings. The van der Waals surface area contributed by atoms with Crippen LogP contribution < -0.4 is 0 Å². The van der Waals surface area contributed by atoms with Crippen molar-refractivity contribution in [2.24, 2.45) is 5.92 Å². The van der Waals surface area contributed by atoms with Crippen molar-refractivity contribution < 1.29 is 9.47 Å². The highest BCUT2D eigenvalue weighted by Gasteiger charge is 2.13. The molecule has 2 heteroatoms. The van der Waals surface area contributed by atoms with Crippen molar-refractivity contribution >= 4 is 0 Å². The van der Waals surface area contributed by atoms with Crippen LogP contribution in [0.4, 0.5) is 0 Å². The largest absolute Gasteiger partial charge is 0.499 e. The first kappa shape index (κ1) is 11.6. The number of rotatable bonds is 5. The topological polar surface area (TPSA) is 18.5 Å².